The molecule has 2 rings (SSSR count). The molecule has 0 saturated carbocycles. The predicted octanol–water partition coefficient (Wildman–Crippen LogP) is 3.44. The molecule has 2 aromatic carbocycles. The molecule has 0 aliphatic carbocycles. The maximum absolute atomic E-state index is 12.2. The third-order valence-corrected chi connectivity index (χ3v) is 3.82. The number of amides is 2. The Morgan fingerprint density at radius 2 is 1.74 bits per heavy atom. The van der Waals surface area contributed by atoms with Crippen LogP contribution in [0.25, 0.3) is 0 Å². The Hall–Kier alpha value is -2.04. The molecule has 0 spiro atoms. The molecule has 0 fully saturated rings. The second-order valence-electron chi connectivity index (χ2n) is 5.64. The fraction of sp³-hybridized carbons (Fsp3) is 0.278. The average molecular weight is 332 g/mol. The summed E-state index contributed by atoms with van der Waals surface area (Å²) in [5.74, 6) is 0. The maximum atomic E-state index is 12.2. The molecule has 0 aliphatic rings. The summed E-state index contributed by atoms with van der Waals surface area (Å²) in [6.07, 6.45) is 0. The number of hydrogen-bond acceptors (Lipinski definition) is 2. The van der Waals surface area contributed by atoms with E-state index in [1.54, 1.807) is 0 Å². The first-order valence-electron chi connectivity index (χ1n) is 7.53. The summed E-state index contributed by atoms with van der Waals surface area (Å²) in [7, 11) is 3.97. The van der Waals surface area contributed by atoms with E-state index in [1.807, 2.05) is 73.6 Å². The Bertz CT molecular complexity index is 631. The molecule has 1 atom stereocenters. The average Bonchev–Trinajstić information content (AvgIpc) is 2.54. The number of carbonyl (C=O) groups is 1. The molecule has 0 saturated heterocycles. The number of nitrogens with one attached hydrogen (secondary N) is 2. The fourth-order valence-electron chi connectivity index (χ4n) is 2.31. The highest BCUT2D eigenvalue weighted by Gasteiger charge is 2.15. The largest absolute Gasteiger partial charge is 0.334 e. The third-order valence-electron chi connectivity index (χ3n) is 3.45. The van der Waals surface area contributed by atoms with Gasteiger partial charge in [0.05, 0.1) is 6.04 Å². The lowest BCUT2D eigenvalue weighted by Crippen LogP contribution is -2.41. The summed E-state index contributed by atoms with van der Waals surface area (Å²) >= 11 is 6.10. The van der Waals surface area contributed by atoms with E-state index in [2.05, 4.69) is 10.6 Å². The summed E-state index contributed by atoms with van der Waals surface area (Å²) in [5, 5.41) is 6.53. The molecule has 0 bridgehead atoms. The van der Waals surface area contributed by atoms with Crippen LogP contribution in [0.1, 0.15) is 17.2 Å². The molecule has 5 heteroatoms. The highest BCUT2D eigenvalue weighted by atomic mass is 35.5. The SMILES string of the molecule is CN(C)CC(NC(=O)NCc1ccccc1Cl)c1ccccc1. The van der Waals surface area contributed by atoms with Crippen LogP contribution in [0, 0.1) is 0 Å². The Labute approximate surface area is 142 Å². The van der Waals surface area contributed by atoms with Crippen LogP contribution >= 0.6 is 11.6 Å². The van der Waals surface area contributed by atoms with Crippen molar-refractivity contribution >= 4 is 17.6 Å². The quantitative estimate of drug-likeness (QED) is 0.851. The highest BCUT2D eigenvalue weighted by molar-refractivity contribution is 6.31. The molecule has 2 aromatic rings. The van der Waals surface area contributed by atoms with Crippen LogP contribution in [0.15, 0.2) is 54.6 Å². The molecule has 122 valence electrons. The van der Waals surface area contributed by atoms with Gasteiger partial charge in [0, 0.05) is 18.1 Å². The Kier molecular flexibility index (Phi) is 6.44. The van der Waals surface area contributed by atoms with Crippen molar-refractivity contribution in [3.05, 3.63) is 70.7 Å². The van der Waals surface area contributed by atoms with E-state index in [0.717, 1.165) is 17.7 Å². The zero-order chi connectivity index (χ0) is 16.7. The van der Waals surface area contributed by atoms with Crippen LogP contribution < -0.4 is 10.6 Å². The number of nitrogens with zero attached hydrogens (tertiary/aromatic N) is 1. The second-order valence-corrected chi connectivity index (χ2v) is 6.05. The van der Waals surface area contributed by atoms with Gasteiger partial charge in [0.2, 0.25) is 0 Å². The minimum absolute atomic E-state index is 0.0718. The molecule has 4 nitrogen and oxygen atoms in total. The van der Waals surface area contributed by atoms with Crippen LogP contribution in [0.3, 0.4) is 0 Å². The van der Waals surface area contributed by atoms with E-state index < -0.39 is 0 Å². The van der Waals surface area contributed by atoms with Crippen LogP contribution in [-0.4, -0.2) is 31.6 Å². The molecule has 2 N–H and O–H groups in total. The zero-order valence-corrected chi connectivity index (χ0v) is 14.2. The minimum atomic E-state index is -0.208. The van der Waals surface area contributed by atoms with Crippen LogP contribution in [0.5, 0.6) is 0 Å². The van der Waals surface area contributed by atoms with Crippen molar-refractivity contribution in [2.45, 2.75) is 12.6 Å². The van der Waals surface area contributed by atoms with Gasteiger partial charge in [-0.25, -0.2) is 4.79 Å². The van der Waals surface area contributed by atoms with Crippen molar-refractivity contribution in [3.63, 3.8) is 0 Å². The summed E-state index contributed by atoms with van der Waals surface area (Å²) in [4.78, 5) is 14.3. The Morgan fingerprint density at radius 3 is 2.39 bits per heavy atom. The van der Waals surface area contributed by atoms with Crippen molar-refractivity contribution < 1.29 is 4.79 Å². The lowest BCUT2D eigenvalue weighted by atomic mass is 10.1. The monoisotopic (exact) mass is 331 g/mol. The van der Waals surface area contributed by atoms with E-state index in [0.29, 0.717) is 11.6 Å². The van der Waals surface area contributed by atoms with Crippen LogP contribution in [0.2, 0.25) is 5.02 Å². The van der Waals surface area contributed by atoms with Gasteiger partial charge in [-0.2, -0.15) is 0 Å². The maximum Gasteiger partial charge on any atom is 0.315 e. The van der Waals surface area contributed by atoms with Gasteiger partial charge in [-0.15, -0.1) is 0 Å². The summed E-state index contributed by atoms with van der Waals surface area (Å²) < 4.78 is 0. The first-order valence-corrected chi connectivity index (χ1v) is 7.91. The normalized spacial score (nSPS) is 12.0. The number of hydrogen-bond donors (Lipinski definition) is 2. The zero-order valence-electron chi connectivity index (χ0n) is 13.4. The van der Waals surface area contributed by atoms with Gasteiger partial charge in [0.25, 0.3) is 0 Å². The van der Waals surface area contributed by atoms with Crippen molar-refractivity contribution in [1.29, 1.82) is 0 Å². The van der Waals surface area contributed by atoms with Crippen molar-refractivity contribution in [2.75, 3.05) is 20.6 Å². The fourth-order valence-corrected chi connectivity index (χ4v) is 2.51. The lowest BCUT2D eigenvalue weighted by molar-refractivity contribution is 0.232. The number of rotatable bonds is 6. The summed E-state index contributed by atoms with van der Waals surface area (Å²) in [6, 6.07) is 17.2. The third kappa shape index (κ3) is 5.58. The first-order chi connectivity index (χ1) is 11.1. The summed E-state index contributed by atoms with van der Waals surface area (Å²) in [6.45, 7) is 1.12. The van der Waals surface area contributed by atoms with Crippen LogP contribution in [-0.2, 0) is 6.54 Å². The van der Waals surface area contributed by atoms with Crippen molar-refractivity contribution in [2.24, 2.45) is 0 Å². The van der Waals surface area contributed by atoms with Gasteiger partial charge < -0.3 is 15.5 Å². The molecular weight excluding hydrogens is 310 g/mol. The highest BCUT2D eigenvalue weighted by Crippen LogP contribution is 2.15. The molecule has 23 heavy (non-hydrogen) atoms. The molecule has 2 amide bonds. The van der Waals surface area contributed by atoms with Gasteiger partial charge >= 0.3 is 6.03 Å². The van der Waals surface area contributed by atoms with Gasteiger partial charge in [0.1, 0.15) is 0 Å². The molecule has 0 radical (unpaired) electrons. The van der Waals surface area contributed by atoms with Gasteiger partial charge in [0.15, 0.2) is 0 Å². The van der Waals surface area contributed by atoms with Gasteiger partial charge in [-0.1, -0.05) is 60.1 Å². The lowest BCUT2D eigenvalue weighted by Gasteiger charge is -2.23. The first kappa shape index (κ1) is 17.3. The Balaban J connectivity index is 1.96. The number of urea groups is 1. The van der Waals surface area contributed by atoms with E-state index in [9.17, 15) is 4.79 Å². The van der Waals surface area contributed by atoms with Gasteiger partial charge in [-0.05, 0) is 31.3 Å². The van der Waals surface area contributed by atoms with Gasteiger partial charge in [-0.3, -0.25) is 0 Å². The smallest absolute Gasteiger partial charge is 0.315 e. The van der Waals surface area contributed by atoms with E-state index in [1.165, 1.54) is 0 Å². The number of likely N-dealkylation sites (N-methyl/N-ethyl adjacent to an activating group) is 1. The van der Waals surface area contributed by atoms with Crippen molar-refractivity contribution in [1.82, 2.24) is 15.5 Å². The molecular formula is C18H22ClN3O. The van der Waals surface area contributed by atoms with Crippen LogP contribution in [0.4, 0.5) is 4.79 Å². The topological polar surface area (TPSA) is 44.4 Å². The molecule has 0 aliphatic heterocycles. The predicted molar refractivity (Wildman–Crippen MR) is 94.6 cm³/mol. The Morgan fingerprint density at radius 1 is 1.09 bits per heavy atom. The molecule has 1 unspecified atom stereocenters. The van der Waals surface area contributed by atoms with E-state index >= 15 is 0 Å². The standard InChI is InChI=1S/C18H22ClN3O/c1-22(2)13-17(14-8-4-3-5-9-14)21-18(23)20-12-15-10-6-7-11-16(15)19/h3-11,17H,12-13H2,1-2H3,(H2,20,21,23). The minimum Gasteiger partial charge on any atom is -0.334 e. The number of halogens is 1. The molecule has 0 heterocycles. The van der Waals surface area contributed by atoms with Crippen molar-refractivity contribution in [3.8, 4) is 0 Å². The van der Waals surface area contributed by atoms with E-state index in [-0.39, 0.29) is 12.1 Å². The second kappa shape index (κ2) is 8.56. The van der Waals surface area contributed by atoms with E-state index in [4.69, 9.17) is 11.6 Å². The number of benzene rings is 2. The molecule has 0 aromatic heterocycles. The number of carbonyl (C=O) groups excluding carboxylic acids is 1. The summed E-state index contributed by atoms with van der Waals surface area (Å²) in [5.41, 5.74) is 1.97.